The van der Waals surface area contributed by atoms with Crippen molar-refractivity contribution >= 4 is 15.8 Å². The second-order valence-electron chi connectivity index (χ2n) is 4.06. The van der Waals surface area contributed by atoms with Crippen LogP contribution in [0.4, 0.5) is 8.78 Å². The molecule has 7 heteroatoms. The molecular formula is C12H14F2O4S. The quantitative estimate of drug-likeness (QED) is 0.905. The molecule has 0 aliphatic carbocycles. The topological polar surface area (TPSA) is 71.4 Å². The molecule has 0 heterocycles. The van der Waals surface area contributed by atoms with Gasteiger partial charge in [-0.1, -0.05) is 13.8 Å². The van der Waals surface area contributed by atoms with Crippen molar-refractivity contribution in [3.8, 4) is 0 Å². The van der Waals surface area contributed by atoms with Crippen molar-refractivity contribution in [2.24, 2.45) is 0 Å². The zero-order valence-corrected chi connectivity index (χ0v) is 11.3. The van der Waals surface area contributed by atoms with Crippen molar-refractivity contribution in [3.63, 3.8) is 0 Å². The molecule has 4 nitrogen and oxygen atoms in total. The van der Waals surface area contributed by atoms with Gasteiger partial charge >= 0.3 is 5.97 Å². The molecule has 0 radical (unpaired) electrons. The van der Waals surface area contributed by atoms with Gasteiger partial charge in [0.1, 0.15) is 4.90 Å². The highest BCUT2D eigenvalue weighted by Gasteiger charge is 2.30. The zero-order valence-electron chi connectivity index (χ0n) is 10.5. The number of sulfone groups is 1. The Hall–Kier alpha value is -1.50. The third-order valence-electron chi connectivity index (χ3n) is 2.90. The Morgan fingerprint density at radius 2 is 1.79 bits per heavy atom. The van der Waals surface area contributed by atoms with E-state index in [1.165, 1.54) is 0 Å². The highest BCUT2D eigenvalue weighted by atomic mass is 32.2. The summed E-state index contributed by atoms with van der Waals surface area (Å²) in [5, 5.41) is 7.89. The van der Waals surface area contributed by atoms with Crippen molar-refractivity contribution < 1.29 is 27.1 Å². The van der Waals surface area contributed by atoms with E-state index in [1.54, 1.807) is 13.8 Å². The lowest BCUT2D eigenvalue weighted by Crippen LogP contribution is -2.22. The number of benzene rings is 1. The Morgan fingerprint density at radius 1 is 1.26 bits per heavy atom. The summed E-state index contributed by atoms with van der Waals surface area (Å²) >= 11 is 0. The summed E-state index contributed by atoms with van der Waals surface area (Å²) in [7, 11) is -4.09. The van der Waals surface area contributed by atoms with E-state index in [-0.39, 0.29) is 12.8 Å². The summed E-state index contributed by atoms with van der Waals surface area (Å²) in [6, 6.07) is 1.12. The first kappa shape index (κ1) is 15.6. The van der Waals surface area contributed by atoms with E-state index in [9.17, 15) is 22.0 Å². The fraction of sp³-hybridized carbons (Fsp3) is 0.417. The molecule has 0 spiro atoms. The van der Waals surface area contributed by atoms with E-state index >= 15 is 0 Å². The average molecular weight is 292 g/mol. The van der Waals surface area contributed by atoms with E-state index in [0.29, 0.717) is 12.1 Å². The van der Waals surface area contributed by atoms with Crippen molar-refractivity contribution in [1.29, 1.82) is 0 Å². The lowest BCUT2D eigenvalue weighted by Gasteiger charge is -2.15. The number of aromatic carboxylic acids is 1. The van der Waals surface area contributed by atoms with Crippen LogP contribution >= 0.6 is 0 Å². The highest BCUT2D eigenvalue weighted by molar-refractivity contribution is 7.92. The summed E-state index contributed by atoms with van der Waals surface area (Å²) in [5.74, 6) is -4.53. The molecule has 0 atom stereocenters. The Kier molecular flexibility index (Phi) is 4.62. The molecule has 1 N–H and O–H groups in total. The van der Waals surface area contributed by atoms with Gasteiger partial charge in [0, 0.05) is 0 Å². The predicted octanol–water partition coefficient (Wildman–Crippen LogP) is 2.63. The lowest BCUT2D eigenvalue weighted by molar-refractivity contribution is 0.0696. The largest absolute Gasteiger partial charge is 0.478 e. The van der Waals surface area contributed by atoms with Gasteiger partial charge in [0.2, 0.25) is 0 Å². The Balaban J connectivity index is 3.54. The molecule has 19 heavy (non-hydrogen) atoms. The Bertz CT molecular complexity index is 592. The maximum absolute atomic E-state index is 13.6. The lowest BCUT2D eigenvalue weighted by atomic mass is 10.2. The van der Waals surface area contributed by atoms with Crippen molar-refractivity contribution in [2.75, 3.05) is 0 Å². The maximum Gasteiger partial charge on any atom is 0.335 e. The van der Waals surface area contributed by atoms with Crippen molar-refractivity contribution in [1.82, 2.24) is 0 Å². The molecule has 0 saturated heterocycles. The average Bonchev–Trinajstić information content (AvgIpc) is 2.33. The Morgan fingerprint density at radius 3 is 2.21 bits per heavy atom. The SMILES string of the molecule is CCC(CC)S(=O)(=O)c1cc(C(=O)O)cc(F)c1F. The van der Waals surface area contributed by atoms with E-state index in [4.69, 9.17) is 5.11 Å². The van der Waals surface area contributed by atoms with Gasteiger partial charge in [-0.2, -0.15) is 0 Å². The predicted molar refractivity (Wildman–Crippen MR) is 64.9 cm³/mol. The number of carboxylic acid groups (broad SMARTS) is 1. The highest BCUT2D eigenvalue weighted by Crippen LogP contribution is 2.26. The van der Waals surface area contributed by atoms with E-state index < -0.39 is 43.1 Å². The number of carboxylic acids is 1. The first-order valence-corrected chi connectivity index (χ1v) is 7.26. The fourth-order valence-corrected chi connectivity index (χ4v) is 3.68. The minimum Gasteiger partial charge on any atom is -0.478 e. The van der Waals surface area contributed by atoms with Crippen molar-refractivity contribution in [3.05, 3.63) is 29.3 Å². The van der Waals surface area contributed by atoms with Gasteiger partial charge in [0.15, 0.2) is 21.5 Å². The van der Waals surface area contributed by atoms with Crippen LogP contribution in [0, 0.1) is 11.6 Å². The van der Waals surface area contributed by atoms with Crippen LogP contribution in [-0.2, 0) is 9.84 Å². The molecule has 0 amide bonds. The molecule has 1 rings (SSSR count). The van der Waals surface area contributed by atoms with Crippen LogP contribution in [0.5, 0.6) is 0 Å². The molecular weight excluding hydrogens is 278 g/mol. The van der Waals surface area contributed by atoms with Crippen LogP contribution in [0.3, 0.4) is 0 Å². The second-order valence-corrected chi connectivity index (χ2v) is 6.26. The smallest absolute Gasteiger partial charge is 0.335 e. The van der Waals surface area contributed by atoms with Crippen LogP contribution in [0.25, 0.3) is 0 Å². The normalized spacial score (nSPS) is 11.8. The van der Waals surface area contributed by atoms with E-state index in [1.807, 2.05) is 0 Å². The molecule has 0 aliphatic heterocycles. The van der Waals surface area contributed by atoms with E-state index in [0.717, 1.165) is 0 Å². The number of carbonyl (C=O) groups is 1. The molecule has 0 saturated carbocycles. The van der Waals surface area contributed by atoms with Gasteiger partial charge in [-0.05, 0) is 25.0 Å². The summed E-state index contributed by atoms with van der Waals surface area (Å²) in [6.45, 7) is 3.22. The number of hydrogen-bond donors (Lipinski definition) is 1. The maximum atomic E-state index is 13.6. The summed E-state index contributed by atoms with van der Waals surface area (Å²) in [4.78, 5) is 9.88. The van der Waals surface area contributed by atoms with Gasteiger partial charge < -0.3 is 5.11 Å². The third kappa shape index (κ3) is 2.91. The standard InChI is InChI=1S/C12H14F2O4S/c1-3-8(4-2)19(17,18)10-6-7(12(15)16)5-9(13)11(10)14/h5-6,8H,3-4H2,1-2H3,(H,15,16). The molecule has 1 aromatic rings. The molecule has 0 fully saturated rings. The van der Waals surface area contributed by atoms with Gasteiger partial charge in [0.25, 0.3) is 0 Å². The van der Waals surface area contributed by atoms with E-state index in [2.05, 4.69) is 0 Å². The van der Waals surface area contributed by atoms with Crippen LogP contribution in [-0.4, -0.2) is 24.7 Å². The van der Waals surface area contributed by atoms with Gasteiger partial charge in [-0.15, -0.1) is 0 Å². The third-order valence-corrected chi connectivity index (χ3v) is 5.35. The van der Waals surface area contributed by atoms with Crippen LogP contribution < -0.4 is 0 Å². The second kappa shape index (κ2) is 5.64. The number of hydrogen-bond acceptors (Lipinski definition) is 3. The summed E-state index contributed by atoms with van der Waals surface area (Å²) in [5.41, 5.74) is -0.594. The van der Waals surface area contributed by atoms with Crippen LogP contribution in [0.1, 0.15) is 37.0 Å². The molecule has 0 unspecified atom stereocenters. The van der Waals surface area contributed by atoms with Gasteiger partial charge in [-0.3, -0.25) is 0 Å². The summed E-state index contributed by atoms with van der Waals surface area (Å²) in [6.07, 6.45) is 0.467. The van der Waals surface area contributed by atoms with Crippen molar-refractivity contribution in [2.45, 2.75) is 36.8 Å². The van der Waals surface area contributed by atoms with Crippen LogP contribution in [0.15, 0.2) is 17.0 Å². The monoisotopic (exact) mass is 292 g/mol. The molecule has 0 bridgehead atoms. The minimum absolute atomic E-state index is 0.233. The first-order valence-electron chi connectivity index (χ1n) is 5.71. The summed E-state index contributed by atoms with van der Waals surface area (Å²) < 4.78 is 51.2. The molecule has 1 aromatic carbocycles. The molecule has 0 aliphatic rings. The molecule has 0 aromatic heterocycles. The number of rotatable bonds is 5. The first-order chi connectivity index (χ1) is 8.75. The number of halogens is 2. The fourth-order valence-electron chi connectivity index (χ4n) is 1.80. The zero-order chi connectivity index (χ0) is 14.8. The molecule has 106 valence electrons. The Labute approximate surface area is 110 Å². The minimum atomic E-state index is -4.09. The van der Waals surface area contributed by atoms with Crippen LogP contribution in [0.2, 0.25) is 0 Å². The van der Waals surface area contributed by atoms with Gasteiger partial charge in [-0.25, -0.2) is 22.0 Å². The van der Waals surface area contributed by atoms with Gasteiger partial charge in [0.05, 0.1) is 10.8 Å².